The molecule has 25 heavy (non-hydrogen) atoms. The van der Waals surface area contributed by atoms with Crippen LogP contribution in [0.5, 0.6) is 0 Å². The number of nitrogens with zero attached hydrogens (tertiary/aromatic N) is 1. The van der Waals surface area contributed by atoms with Gasteiger partial charge >= 0.3 is 11.9 Å². The van der Waals surface area contributed by atoms with E-state index in [2.05, 4.69) is 10.1 Å². The van der Waals surface area contributed by atoms with Crippen molar-refractivity contribution in [3.63, 3.8) is 0 Å². The predicted octanol–water partition coefficient (Wildman–Crippen LogP) is 2.53. The number of ether oxygens (including phenoxy) is 2. The summed E-state index contributed by atoms with van der Waals surface area (Å²) in [5.41, 5.74) is 2.02. The van der Waals surface area contributed by atoms with Crippen molar-refractivity contribution < 1.29 is 28.4 Å². The minimum atomic E-state index is -1.07. The fourth-order valence-corrected chi connectivity index (χ4v) is 2.44. The number of hydrogen-bond donors (Lipinski definition) is 1. The second-order valence-corrected chi connectivity index (χ2v) is 5.59. The lowest BCUT2D eigenvalue weighted by Gasteiger charge is -2.10. The van der Waals surface area contributed by atoms with E-state index < -0.39 is 23.8 Å². The van der Waals surface area contributed by atoms with Gasteiger partial charge in [0.15, 0.2) is 6.10 Å². The average Bonchev–Trinajstić information content (AvgIpc) is 3.10. The third kappa shape index (κ3) is 3.78. The van der Waals surface area contributed by atoms with E-state index in [-0.39, 0.29) is 18.1 Å². The Kier molecular flexibility index (Phi) is 5.41. The molecule has 0 bridgehead atoms. The van der Waals surface area contributed by atoms with Gasteiger partial charge in [0.05, 0.1) is 23.6 Å². The van der Waals surface area contributed by atoms with Crippen molar-refractivity contribution in [1.82, 2.24) is 10.1 Å². The second kappa shape index (κ2) is 7.33. The Balaban J connectivity index is 2.18. The molecule has 2 aromatic rings. The van der Waals surface area contributed by atoms with Crippen molar-refractivity contribution in [2.75, 3.05) is 6.61 Å². The first-order valence-corrected chi connectivity index (χ1v) is 7.81. The van der Waals surface area contributed by atoms with E-state index in [0.717, 1.165) is 0 Å². The molecule has 2 aromatic heterocycles. The van der Waals surface area contributed by atoms with Gasteiger partial charge in [-0.2, -0.15) is 0 Å². The molecule has 134 valence electrons. The zero-order valence-corrected chi connectivity index (χ0v) is 14.8. The Morgan fingerprint density at radius 1 is 1.24 bits per heavy atom. The highest BCUT2D eigenvalue weighted by Gasteiger charge is 2.28. The summed E-state index contributed by atoms with van der Waals surface area (Å²) < 4.78 is 14.9. The quantitative estimate of drug-likeness (QED) is 0.630. The maximum Gasteiger partial charge on any atom is 0.377 e. The normalized spacial score (nSPS) is 11.9. The van der Waals surface area contributed by atoms with E-state index in [1.165, 1.54) is 13.0 Å². The fourth-order valence-electron chi connectivity index (χ4n) is 2.44. The number of aromatic nitrogens is 2. The predicted molar refractivity (Wildman–Crippen MR) is 86.7 cm³/mol. The van der Waals surface area contributed by atoms with Crippen LogP contribution >= 0.6 is 0 Å². The van der Waals surface area contributed by atoms with E-state index in [0.29, 0.717) is 22.5 Å². The standard InChI is InChI=1S/C17H20N2O6/c1-6-23-17(22)13-9(3)14(18-10(13)4)15(20)11(5)24-16(21)12-7-8(2)19-25-12/h7,11,18H,6H2,1-5H3. The number of carbonyl (C=O) groups excluding carboxylic acids is 3. The summed E-state index contributed by atoms with van der Waals surface area (Å²) in [6.45, 7) is 8.35. The topological polar surface area (TPSA) is 111 Å². The lowest BCUT2D eigenvalue weighted by molar-refractivity contribution is 0.0279. The van der Waals surface area contributed by atoms with Gasteiger partial charge in [-0.15, -0.1) is 0 Å². The molecule has 2 rings (SSSR count). The molecule has 0 aliphatic rings. The number of carbonyl (C=O) groups is 3. The molecule has 1 atom stereocenters. The van der Waals surface area contributed by atoms with Crippen molar-refractivity contribution >= 4 is 17.7 Å². The van der Waals surface area contributed by atoms with Gasteiger partial charge in [-0.05, 0) is 40.2 Å². The van der Waals surface area contributed by atoms with Crippen molar-refractivity contribution in [2.45, 2.75) is 40.7 Å². The molecule has 0 fully saturated rings. The molecule has 0 amide bonds. The highest BCUT2D eigenvalue weighted by molar-refractivity contribution is 6.04. The molecule has 0 radical (unpaired) electrons. The zero-order valence-electron chi connectivity index (χ0n) is 14.8. The lowest BCUT2D eigenvalue weighted by Crippen LogP contribution is -2.25. The number of nitrogens with one attached hydrogen (secondary N) is 1. The van der Waals surface area contributed by atoms with Crippen molar-refractivity contribution in [2.24, 2.45) is 0 Å². The van der Waals surface area contributed by atoms with Crippen LogP contribution in [0, 0.1) is 20.8 Å². The van der Waals surface area contributed by atoms with Crippen LogP contribution in [-0.4, -0.2) is 40.6 Å². The molecule has 8 nitrogen and oxygen atoms in total. The highest BCUT2D eigenvalue weighted by atomic mass is 16.6. The molecule has 1 N–H and O–H groups in total. The van der Waals surface area contributed by atoms with Gasteiger partial charge in [0, 0.05) is 11.8 Å². The Bertz CT molecular complexity index is 817. The minimum absolute atomic E-state index is 0.0799. The Morgan fingerprint density at radius 2 is 1.92 bits per heavy atom. The summed E-state index contributed by atoms with van der Waals surface area (Å²) in [5.74, 6) is -1.83. The van der Waals surface area contributed by atoms with Gasteiger partial charge < -0.3 is 19.0 Å². The summed E-state index contributed by atoms with van der Waals surface area (Å²) in [6, 6.07) is 1.42. The number of hydrogen-bond acceptors (Lipinski definition) is 7. The summed E-state index contributed by atoms with van der Waals surface area (Å²) >= 11 is 0. The highest BCUT2D eigenvalue weighted by Crippen LogP contribution is 2.21. The number of aromatic amines is 1. The molecular formula is C17H20N2O6. The van der Waals surface area contributed by atoms with Crippen molar-refractivity contribution in [3.8, 4) is 0 Å². The van der Waals surface area contributed by atoms with Crippen LogP contribution in [0.1, 0.15) is 62.2 Å². The smallest absolute Gasteiger partial charge is 0.377 e. The summed E-state index contributed by atoms with van der Waals surface area (Å²) in [7, 11) is 0. The molecule has 8 heteroatoms. The van der Waals surface area contributed by atoms with E-state index in [1.807, 2.05) is 0 Å². The van der Waals surface area contributed by atoms with Crippen LogP contribution in [-0.2, 0) is 9.47 Å². The Morgan fingerprint density at radius 3 is 2.48 bits per heavy atom. The van der Waals surface area contributed by atoms with Gasteiger partial charge in [-0.1, -0.05) is 5.16 Å². The van der Waals surface area contributed by atoms with Crippen molar-refractivity contribution in [3.05, 3.63) is 40.0 Å². The minimum Gasteiger partial charge on any atom is -0.462 e. The van der Waals surface area contributed by atoms with E-state index >= 15 is 0 Å². The molecule has 0 saturated heterocycles. The van der Waals surface area contributed by atoms with E-state index in [9.17, 15) is 14.4 Å². The molecule has 1 unspecified atom stereocenters. The zero-order chi connectivity index (χ0) is 18.7. The van der Waals surface area contributed by atoms with Crippen LogP contribution in [0.4, 0.5) is 0 Å². The number of ketones is 1. The van der Waals surface area contributed by atoms with E-state index in [1.54, 1.807) is 27.7 Å². The number of Topliss-reactive ketones (excluding diaryl/α,β-unsaturated/α-hetero) is 1. The first kappa shape index (κ1) is 18.4. The van der Waals surface area contributed by atoms with Gasteiger partial charge in [0.2, 0.25) is 11.5 Å². The average molecular weight is 348 g/mol. The molecule has 2 heterocycles. The maximum absolute atomic E-state index is 12.6. The van der Waals surface area contributed by atoms with Gasteiger partial charge in [-0.25, -0.2) is 9.59 Å². The van der Waals surface area contributed by atoms with Crippen LogP contribution < -0.4 is 0 Å². The molecule has 0 saturated carbocycles. The number of esters is 2. The summed E-state index contributed by atoms with van der Waals surface area (Å²) in [6.07, 6.45) is -1.07. The largest absolute Gasteiger partial charge is 0.462 e. The number of rotatable bonds is 6. The Labute approximate surface area is 144 Å². The summed E-state index contributed by atoms with van der Waals surface area (Å²) in [5, 5.41) is 3.60. The van der Waals surface area contributed by atoms with Crippen LogP contribution in [0.15, 0.2) is 10.6 Å². The molecule has 0 aliphatic heterocycles. The van der Waals surface area contributed by atoms with Crippen LogP contribution in [0.2, 0.25) is 0 Å². The fraction of sp³-hybridized carbons (Fsp3) is 0.412. The summed E-state index contributed by atoms with van der Waals surface area (Å²) in [4.78, 5) is 39.4. The van der Waals surface area contributed by atoms with Crippen molar-refractivity contribution in [1.29, 1.82) is 0 Å². The van der Waals surface area contributed by atoms with Crippen LogP contribution in [0.3, 0.4) is 0 Å². The molecule has 0 spiro atoms. The van der Waals surface area contributed by atoms with Gasteiger partial charge in [-0.3, -0.25) is 4.79 Å². The van der Waals surface area contributed by atoms with Gasteiger partial charge in [0.1, 0.15) is 0 Å². The first-order valence-electron chi connectivity index (χ1n) is 7.81. The maximum atomic E-state index is 12.6. The van der Waals surface area contributed by atoms with E-state index in [4.69, 9.17) is 14.0 Å². The monoisotopic (exact) mass is 348 g/mol. The third-order valence-electron chi connectivity index (χ3n) is 3.65. The number of aryl methyl sites for hydroxylation is 2. The first-order chi connectivity index (χ1) is 11.8. The Hall–Kier alpha value is -2.90. The molecular weight excluding hydrogens is 328 g/mol. The molecule has 0 aromatic carbocycles. The number of H-pyrrole nitrogens is 1. The SMILES string of the molecule is CCOC(=O)c1c(C)[nH]c(C(=O)C(C)OC(=O)c2cc(C)no2)c1C. The third-order valence-corrected chi connectivity index (χ3v) is 3.65. The lowest BCUT2D eigenvalue weighted by atomic mass is 10.1. The molecule has 0 aliphatic carbocycles. The van der Waals surface area contributed by atoms with Gasteiger partial charge in [0.25, 0.3) is 0 Å². The van der Waals surface area contributed by atoms with Crippen LogP contribution in [0.25, 0.3) is 0 Å². The second-order valence-electron chi connectivity index (χ2n) is 5.59.